The van der Waals surface area contributed by atoms with E-state index in [2.05, 4.69) is 0 Å². The van der Waals surface area contributed by atoms with Crippen molar-refractivity contribution in [2.24, 2.45) is 11.7 Å². The fraction of sp³-hybridized carbons (Fsp3) is 0.429. The number of carbonyl (C=O) groups is 1. The highest BCUT2D eigenvalue weighted by Gasteiger charge is 2.28. The van der Waals surface area contributed by atoms with Gasteiger partial charge in [-0.25, -0.2) is 4.79 Å². The van der Waals surface area contributed by atoms with Gasteiger partial charge in [0.05, 0.1) is 0 Å². The molecule has 0 bridgehead atoms. The molecule has 20 heavy (non-hydrogen) atoms. The lowest BCUT2D eigenvalue weighted by molar-refractivity contribution is -0.139. The fourth-order valence-electron chi connectivity index (χ4n) is 2.07. The summed E-state index contributed by atoms with van der Waals surface area (Å²) in [6.45, 7) is 3.89. The molecule has 4 N–H and O–H groups in total. The number of nitrogens with zero attached hydrogens (tertiary/aromatic N) is 1. The molecule has 0 aliphatic rings. The molecule has 0 aliphatic heterocycles. The van der Waals surface area contributed by atoms with E-state index in [9.17, 15) is 9.90 Å². The number of amidine groups is 1. The number of nitrogens with one attached hydrogen (secondary N) is 1. The SMILES string of the molecule is CCC(C)[C@@H](C(=O)O)N(C)c1cccc(C(=N)N)c1.Cl. The largest absolute Gasteiger partial charge is 0.480 e. The van der Waals surface area contributed by atoms with Crippen molar-refractivity contribution in [1.29, 1.82) is 5.41 Å². The maximum absolute atomic E-state index is 11.4. The minimum Gasteiger partial charge on any atom is -0.480 e. The molecule has 0 spiro atoms. The molecule has 0 fully saturated rings. The van der Waals surface area contributed by atoms with Gasteiger partial charge in [0.25, 0.3) is 0 Å². The molecule has 1 rings (SSSR count). The zero-order chi connectivity index (χ0) is 14.6. The maximum atomic E-state index is 11.4. The van der Waals surface area contributed by atoms with Gasteiger partial charge in [-0.3, -0.25) is 5.41 Å². The lowest BCUT2D eigenvalue weighted by atomic mass is 9.97. The molecule has 1 unspecified atom stereocenters. The summed E-state index contributed by atoms with van der Waals surface area (Å²) in [5.41, 5.74) is 6.80. The van der Waals surface area contributed by atoms with Crippen molar-refractivity contribution < 1.29 is 9.90 Å². The van der Waals surface area contributed by atoms with E-state index < -0.39 is 12.0 Å². The van der Waals surface area contributed by atoms with Crippen LogP contribution in [0.3, 0.4) is 0 Å². The van der Waals surface area contributed by atoms with Crippen LogP contribution >= 0.6 is 12.4 Å². The first-order chi connectivity index (χ1) is 8.88. The number of likely N-dealkylation sites (N-methyl/N-ethyl adjacent to an activating group) is 1. The number of hydrogen-bond donors (Lipinski definition) is 3. The van der Waals surface area contributed by atoms with Gasteiger partial charge in [-0.1, -0.05) is 32.4 Å². The van der Waals surface area contributed by atoms with Crippen LogP contribution in [0.15, 0.2) is 24.3 Å². The number of anilines is 1. The van der Waals surface area contributed by atoms with E-state index in [-0.39, 0.29) is 24.2 Å². The summed E-state index contributed by atoms with van der Waals surface area (Å²) in [5.74, 6) is -0.834. The number of carboxylic acids is 1. The summed E-state index contributed by atoms with van der Waals surface area (Å²) in [7, 11) is 1.75. The van der Waals surface area contributed by atoms with Gasteiger partial charge in [0.2, 0.25) is 0 Å². The van der Waals surface area contributed by atoms with Crippen molar-refractivity contribution in [3.05, 3.63) is 29.8 Å². The van der Waals surface area contributed by atoms with Crippen molar-refractivity contribution in [2.45, 2.75) is 26.3 Å². The second-order valence-corrected chi connectivity index (χ2v) is 4.74. The molecule has 5 nitrogen and oxygen atoms in total. The molecule has 0 amide bonds. The van der Waals surface area contributed by atoms with Crippen LogP contribution in [0.2, 0.25) is 0 Å². The zero-order valence-electron chi connectivity index (χ0n) is 12.0. The highest BCUT2D eigenvalue weighted by atomic mass is 35.5. The van der Waals surface area contributed by atoms with Crippen LogP contribution in [0.25, 0.3) is 0 Å². The van der Waals surface area contributed by atoms with Gasteiger partial charge in [0.1, 0.15) is 11.9 Å². The van der Waals surface area contributed by atoms with E-state index in [1.165, 1.54) is 0 Å². The van der Waals surface area contributed by atoms with E-state index in [1.54, 1.807) is 30.1 Å². The van der Waals surface area contributed by atoms with Crippen LogP contribution in [-0.4, -0.2) is 30.0 Å². The van der Waals surface area contributed by atoms with Crippen molar-refractivity contribution in [2.75, 3.05) is 11.9 Å². The number of halogens is 1. The molecule has 0 saturated heterocycles. The molecule has 6 heteroatoms. The Morgan fingerprint density at radius 1 is 1.50 bits per heavy atom. The van der Waals surface area contributed by atoms with E-state index in [1.807, 2.05) is 19.9 Å². The second kappa shape index (κ2) is 7.75. The lowest BCUT2D eigenvalue weighted by Gasteiger charge is -2.31. The molecular formula is C14H22ClN3O2. The third-order valence-electron chi connectivity index (χ3n) is 3.42. The highest BCUT2D eigenvalue weighted by Crippen LogP contribution is 2.22. The third-order valence-corrected chi connectivity index (χ3v) is 3.42. The van der Waals surface area contributed by atoms with Crippen LogP contribution in [0.5, 0.6) is 0 Å². The van der Waals surface area contributed by atoms with Gasteiger partial charge in [-0.2, -0.15) is 0 Å². The quantitative estimate of drug-likeness (QED) is 0.555. The van der Waals surface area contributed by atoms with Gasteiger partial charge in [-0.15, -0.1) is 12.4 Å². The van der Waals surface area contributed by atoms with Gasteiger partial charge in [0, 0.05) is 18.3 Å². The summed E-state index contributed by atoms with van der Waals surface area (Å²) in [5, 5.41) is 16.8. The normalized spacial score (nSPS) is 12.9. The van der Waals surface area contributed by atoms with E-state index in [0.29, 0.717) is 5.56 Å². The molecule has 0 aliphatic carbocycles. The van der Waals surface area contributed by atoms with Gasteiger partial charge in [-0.05, 0) is 18.1 Å². The van der Waals surface area contributed by atoms with Crippen molar-refractivity contribution >= 4 is 29.9 Å². The second-order valence-electron chi connectivity index (χ2n) is 4.74. The number of carboxylic acid groups (broad SMARTS) is 1. The molecular weight excluding hydrogens is 278 g/mol. The first kappa shape index (κ1) is 18.2. The van der Waals surface area contributed by atoms with Gasteiger partial charge in [0.15, 0.2) is 0 Å². The number of nitrogens with two attached hydrogens (primary N) is 1. The third kappa shape index (κ3) is 4.13. The molecule has 112 valence electrons. The molecule has 2 atom stereocenters. The van der Waals surface area contributed by atoms with Gasteiger partial charge < -0.3 is 15.7 Å². The molecule has 0 heterocycles. The Morgan fingerprint density at radius 2 is 2.10 bits per heavy atom. The van der Waals surface area contributed by atoms with Crippen LogP contribution in [-0.2, 0) is 4.79 Å². The van der Waals surface area contributed by atoms with Crippen LogP contribution in [0.1, 0.15) is 25.8 Å². The smallest absolute Gasteiger partial charge is 0.326 e. The molecule has 0 saturated carbocycles. The minimum atomic E-state index is -0.843. The lowest BCUT2D eigenvalue weighted by Crippen LogP contribution is -2.43. The first-order valence-corrected chi connectivity index (χ1v) is 6.28. The number of rotatable bonds is 6. The Balaban J connectivity index is 0.00000361. The van der Waals surface area contributed by atoms with E-state index >= 15 is 0 Å². The van der Waals surface area contributed by atoms with Crippen molar-refractivity contribution in [3.8, 4) is 0 Å². The van der Waals surface area contributed by atoms with Crippen molar-refractivity contribution in [1.82, 2.24) is 0 Å². The zero-order valence-corrected chi connectivity index (χ0v) is 12.8. The molecule has 1 aromatic carbocycles. The standard InChI is InChI=1S/C14H21N3O2.ClH/c1-4-9(2)12(14(18)19)17(3)11-7-5-6-10(8-11)13(15)16;/h5-9,12H,4H2,1-3H3,(H3,15,16)(H,18,19);1H/t9?,12-;/m0./s1. The molecule has 1 aromatic rings. The van der Waals surface area contributed by atoms with Crippen molar-refractivity contribution in [3.63, 3.8) is 0 Å². The Bertz CT molecular complexity index is 479. The topological polar surface area (TPSA) is 90.4 Å². The Hall–Kier alpha value is -1.75. The van der Waals surface area contributed by atoms with Crippen LogP contribution in [0.4, 0.5) is 5.69 Å². The first-order valence-electron chi connectivity index (χ1n) is 6.28. The average molecular weight is 300 g/mol. The van der Waals surface area contributed by atoms with Gasteiger partial charge >= 0.3 is 5.97 Å². The Labute approximate surface area is 125 Å². The summed E-state index contributed by atoms with van der Waals surface area (Å²) < 4.78 is 0. The Kier molecular flexibility index (Phi) is 7.07. The maximum Gasteiger partial charge on any atom is 0.326 e. The summed E-state index contributed by atoms with van der Waals surface area (Å²) in [6, 6.07) is 6.48. The summed E-state index contributed by atoms with van der Waals surface area (Å²) >= 11 is 0. The minimum absolute atomic E-state index is 0. The Morgan fingerprint density at radius 3 is 2.55 bits per heavy atom. The number of hydrogen-bond acceptors (Lipinski definition) is 3. The highest BCUT2D eigenvalue weighted by molar-refractivity contribution is 5.96. The molecule has 0 aromatic heterocycles. The van der Waals surface area contributed by atoms with E-state index in [0.717, 1.165) is 12.1 Å². The fourth-order valence-corrected chi connectivity index (χ4v) is 2.07. The van der Waals surface area contributed by atoms with E-state index in [4.69, 9.17) is 11.1 Å². The predicted octanol–water partition coefficient (Wildman–Crippen LogP) is 2.33. The summed E-state index contributed by atoms with van der Waals surface area (Å²) in [4.78, 5) is 13.1. The number of nitrogen functional groups attached to an aromatic ring is 1. The number of aliphatic carboxylic acids is 1. The average Bonchev–Trinajstić information content (AvgIpc) is 2.38. The number of benzene rings is 1. The van der Waals surface area contributed by atoms with Crippen LogP contribution < -0.4 is 10.6 Å². The van der Waals surface area contributed by atoms with Crippen LogP contribution in [0, 0.1) is 11.3 Å². The monoisotopic (exact) mass is 299 g/mol. The summed E-state index contributed by atoms with van der Waals surface area (Å²) in [6.07, 6.45) is 0.785. The molecule has 0 radical (unpaired) electrons. The predicted molar refractivity (Wildman–Crippen MR) is 84.0 cm³/mol.